The fourth-order valence-electron chi connectivity index (χ4n) is 1.34. The van der Waals surface area contributed by atoms with Gasteiger partial charge in [-0.1, -0.05) is 6.42 Å². The van der Waals surface area contributed by atoms with Crippen molar-refractivity contribution in [1.29, 1.82) is 0 Å². The van der Waals surface area contributed by atoms with Gasteiger partial charge in [0.1, 0.15) is 6.04 Å². The van der Waals surface area contributed by atoms with E-state index in [9.17, 15) is 9.59 Å². The molecule has 8 heteroatoms. The first-order valence-corrected chi connectivity index (χ1v) is 6.72. The summed E-state index contributed by atoms with van der Waals surface area (Å²) in [5.41, 5.74) is 20.8. The number of aliphatic carboxylic acids is 2. The van der Waals surface area contributed by atoms with E-state index in [-0.39, 0.29) is 6.54 Å². The van der Waals surface area contributed by atoms with Crippen molar-refractivity contribution in [2.75, 3.05) is 19.6 Å². The van der Waals surface area contributed by atoms with Crippen LogP contribution in [0.1, 0.15) is 32.1 Å². The van der Waals surface area contributed by atoms with E-state index in [2.05, 4.69) is 0 Å². The van der Waals surface area contributed by atoms with Crippen molar-refractivity contribution in [2.45, 2.75) is 38.1 Å². The minimum atomic E-state index is -0.933. The number of carbonyl (C=O) groups is 2. The Labute approximate surface area is 119 Å². The lowest BCUT2D eigenvalue weighted by molar-refractivity contribution is -0.141. The van der Waals surface area contributed by atoms with Crippen molar-refractivity contribution in [3.63, 3.8) is 0 Å². The molecule has 0 aliphatic heterocycles. The maximum Gasteiger partial charge on any atom is 0.320 e. The third-order valence-electron chi connectivity index (χ3n) is 2.68. The summed E-state index contributed by atoms with van der Waals surface area (Å²) in [6, 6.07) is -0.716. The summed E-state index contributed by atoms with van der Waals surface area (Å²) in [6.07, 6.45) is 3.48. The molecule has 0 spiro atoms. The summed E-state index contributed by atoms with van der Waals surface area (Å²) in [6.45, 7) is 1.34. The average Bonchev–Trinajstić information content (AvgIpc) is 2.40. The molecule has 0 rings (SSSR count). The van der Waals surface area contributed by atoms with Crippen molar-refractivity contribution in [3.8, 4) is 0 Å². The van der Waals surface area contributed by atoms with Crippen LogP contribution in [0.15, 0.2) is 0 Å². The predicted octanol–water partition coefficient (Wildman–Crippen LogP) is -1.09. The molecular weight excluding hydrogens is 264 g/mol. The summed E-state index contributed by atoms with van der Waals surface area (Å²) in [5.74, 6) is -2.17. The van der Waals surface area contributed by atoms with Crippen LogP contribution in [0.3, 0.4) is 0 Å². The number of rotatable bonds is 10. The highest BCUT2D eigenvalue weighted by molar-refractivity contribution is 5.72. The first-order chi connectivity index (χ1) is 9.40. The van der Waals surface area contributed by atoms with E-state index >= 15 is 0 Å². The molecule has 0 radical (unpaired) electrons. The Bertz CT molecular complexity index is 264. The normalized spacial score (nSPS) is 13.0. The van der Waals surface area contributed by atoms with Crippen molar-refractivity contribution in [1.82, 2.24) is 0 Å². The minimum Gasteiger partial charge on any atom is -0.481 e. The number of carboxylic acid groups (broad SMARTS) is 2. The third-order valence-corrected chi connectivity index (χ3v) is 2.68. The zero-order chi connectivity index (χ0) is 16.0. The molecule has 0 bridgehead atoms. The predicted molar refractivity (Wildman–Crippen MR) is 77.0 cm³/mol. The molecule has 10 N–H and O–H groups in total. The van der Waals surface area contributed by atoms with E-state index in [4.69, 9.17) is 33.1 Å². The second-order valence-electron chi connectivity index (χ2n) is 4.43. The fourth-order valence-corrected chi connectivity index (χ4v) is 1.34. The molecule has 0 aromatic heterocycles. The highest BCUT2D eigenvalue weighted by atomic mass is 16.4. The number of carboxylic acids is 2. The van der Waals surface area contributed by atoms with Gasteiger partial charge < -0.3 is 33.1 Å². The molecule has 8 nitrogen and oxygen atoms in total. The highest BCUT2D eigenvalue weighted by Crippen LogP contribution is 2.03. The van der Waals surface area contributed by atoms with Crippen LogP contribution >= 0.6 is 0 Å². The summed E-state index contributed by atoms with van der Waals surface area (Å²) in [4.78, 5) is 20.5. The van der Waals surface area contributed by atoms with Crippen LogP contribution in [-0.2, 0) is 9.59 Å². The number of nitrogens with two attached hydrogens (primary N) is 4. The highest BCUT2D eigenvalue weighted by Gasteiger charge is 2.13. The topological polar surface area (TPSA) is 179 Å². The van der Waals surface area contributed by atoms with Crippen LogP contribution in [0.5, 0.6) is 0 Å². The number of unbranched alkanes of at least 4 members (excludes halogenated alkanes) is 1. The standard InChI is InChI=1S/2C6H14N2O2/c7-3-1-2-5(4-8)6(9)10;7-4-2-1-3-5(8)6(9)10/h2*5H,1-4,7-8H2,(H,9,10). The SMILES string of the molecule is NCCCC(CN)C(=O)O.NCCCCC(N)C(=O)O. The van der Waals surface area contributed by atoms with Gasteiger partial charge >= 0.3 is 11.9 Å². The molecule has 2 unspecified atom stereocenters. The molecular formula is C12H28N4O4. The largest absolute Gasteiger partial charge is 0.481 e. The van der Waals surface area contributed by atoms with Crippen molar-refractivity contribution < 1.29 is 19.8 Å². The quantitative estimate of drug-likeness (QED) is 0.275. The Kier molecular flexibility index (Phi) is 15.0. The third kappa shape index (κ3) is 13.2. The molecule has 20 heavy (non-hydrogen) atoms. The van der Waals surface area contributed by atoms with E-state index in [1.54, 1.807) is 0 Å². The Morgan fingerprint density at radius 2 is 1.40 bits per heavy atom. The van der Waals surface area contributed by atoms with Gasteiger partial charge in [0, 0.05) is 6.54 Å². The summed E-state index contributed by atoms with van der Waals surface area (Å²) in [5, 5.41) is 16.8. The number of hydrogen-bond donors (Lipinski definition) is 6. The Morgan fingerprint density at radius 3 is 1.75 bits per heavy atom. The second kappa shape index (κ2) is 14.2. The molecule has 0 aliphatic rings. The van der Waals surface area contributed by atoms with Gasteiger partial charge in [0.2, 0.25) is 0 Å². The molecule has 120 valence electrons. The van der Waals surface area contributed by atoms with Gasteiger partial charge in [0.15, 0.2) is 0 Å². The first-order valence-electron chi connectivity index (χ1n) is 6.72. The van der Waals surface area contributed by atoms with Gasteiger partial charge in [-0.25, -0.2) is 0 Å². The maximum absolute atomic E-state index is 10.3. The van der Waals surface area contributed by atoms with Gasteiger partial charge in [-0.05, 0) is 38.8 Å². The molecule has 0 aromatic rings. The Balaban J connectivity index is 0. The Hall–Kier alpha value is -1.22. The van der Waals surface area contributed by atoms with Gasteiger partial charge in [-0.2, -0.15) is 0 Å². The smallest absolute Gasteiger partial charge is 0.320 e. The summed E-state index contributed by atoms with van der Waals surface area (Å²) >= 11 is 0. The Morgan fingerprint density at radius 1 is 0.850 bits per heavy atom. The summed E-state index contributed by atoms with van der Waals surface area (Å²) in [7, 11) is 0. The summed E-state index contributed by atoms with van der Waals surface area (Å²) < 4.78 is 0. The second-order valence-corrected chi connectivity index (χ2v) is 4.43. The average molecular weight is 292 g/mol. The van der Waals surface area contributed by atoms with Crippen molar-refractivity contribution in [3.05, 3.63) is 0 Å². The van der Waals surface area contributed by atoms with Gasteiger partial charge in [-0.15, -0.1) is 0 Å². The zero-order valence-corrected chi connectivity index (χ0v) is 11.8. The van der Waals surface area contributed by atoms with Crippen molar-refractivity contribution >= 4 is 11.9 Å². The van der Waals surface area contributed by atoms with E-state index in [1.807, 2.05) is 0 Å². The van der Waals surface area contributed by atoms with Crippen LogP contribution < -0.4 is 22.9 Å². The molecule has 0 aromatic carbocycles. The van der Waals surface area contributed by atoms with Crippen LogP contribution in [0, 0.1) is 5.92 Å². The van der Waals surface area contributed by atoms with Crippen LogP contribution in [0.2, 0.25) is 0 Å². The lowest BCUT2D eigenvalue weighted by Crippen LogP contribution is -2.29. The van der Waals surface area contributed by atoms with Gasteiger partial charge in [0.05, 0.1) is 5.92 Å². The van der Waals surface area contributed by atoms with Gasteiger partial charge in [0.25, 0.3) is 0 Å². The molecule has 0 heterocycles. The van der Waals surface area contributed by atoms with E-state index in [0.29, 0.717) is 25.9 Å². The van der Waals surface area contributed by atoms with Crippen LogP contribution in [0.4, 0.5) is 0 Å². The molecule has 0 amide bonds. The van der Waals surface area contributed by atoms with Gasteiger partial charge in [-0.3, -0.25) is 9.59 Å². The van der Waals surface area contributed by atoms with E-state index in [1.165, 1.54) is 0 Å². The lowest BCUT2D eigenvalue weighted by Gasteiger charge is -2.06. The lowest BCUT2D eigenvalue weighted by atomic mass is 10.0. The maximum atomic E-state index is 10.3. The molecule has 0 saturated carbocycles. The van der Waals surface area contributed by atoms with E-state index < -0.39 is 23.9 Å². The van der Waals surface area contributed by atoms with Crippen LogP contribution in [0.25, 0.3) is 0 Å². The zero-order valence-electron chi connectivity index (χ0n) is 11.8. The minimum absolute atomic E-state index is 0.204. The first kappa shape index (κ1) is 21.1. The number of hydrogen-bond acceptors (Lipinski definition) is 6. The molecule has 0 saturated heterocycles. The monoisotopic (exact) mass is 292 g/mol. The van der Waals surface area contributed by atoms with E-state index in [0.717, 1.165) is 19.3 Å². The van der Waals surface area contributed by atoms with Crippen LogP contribution in [-0.4, -0.2) is 47.8 Å². The van der Waals surface area contributed by atoms with Crippen molar-refractivity contribution in [2.24, 2.45) is 28.9 Å². The molecule has 0 fully saturated rings. The molecule has 2 atom stereocenters. The fraction of sp³-hybridized carbons (Fsp3) is 0.833. The molecule has 0 aliphatic carbocycles.